The maximum absolute atomic E-state index is 13.6. The molecular weight excluding hydrogens is 426 g/mol. The first kappa shape index (κ1) is 22.2. The van der Waals surface area contributed by atoms with Crippen LogP contribution in [0, 0.1) is 11.3 Å². The molecule has 1 atom stereocenters. The first-order chi connectivity index (χ1) is 15.9. The van der Waals surface area contributed by atoms with Crippen molar-refractivity contribution in [1.82, 2.24) is 14.9 Å². The Morgan fingerprint density at radius 2 is 1.97 bits per heavy atom. The standard InChI is InChI=1S/C25H20F2N4O2/c26-25(27)14-19(15-28)31(16-25)24(33)9-8-23(32)20-10-12-30-22-7-5-17(13-21(20)22)4-6-18-3-1-2-11-29-18/h1-7,10-13,19H,8-9,14,16H2/b6-4+/t19-/m0/s1. The number of alkyl halides is 2. The van der Waals surface area contributed by atoms with Crippen LogP contribution in [0.3, 0.4) is 0 Å². The molecule has 0 radical (unpaired) electrons. The van der Waals surface area contributed by atoms with Crippen LogP contribution >= 0.6 is 0 Å². The molecule has 0 spiro atoms. The minimum absolute atomic E-state index is 0.147. The summed E-state index contributed by atoms with van der Waals surface area (Å²) in [4.78, 5) is 34.8. The van der Waals surface area contributed by atoms with Crippen LogP contribution in [0.4, 0.5) is 8.78 Å². The number of carbonyl (C=O) groups excluding carboxylic acids is 2. The van der Waals surface area contributed by atoms with Gasteiger partial charge in [-0.05, 0) is 42.0 Å². The molecule has 1 saturated heterocycles. The molecule has 0 aliphatic carbocycles. The first-order valence-corrected chi connectivity index (χ1v) is 10.4. The van der Waals surface area contributed by atoms with Crippen molar-refractivity contribution in [3.05, 3.63) is 71.7 Å². The lowest BCUT2D eigenvalue weighted by Gasteiger charge is -2.18. The summed E-state index contributed by atoms with van der Waals surface area (Å²) in [6.07, 6.45) is 5.89. The molecule has 1 aliphatic heterocycles. The van der Waals surface area contributed by atoms with Crippen LogP contribution in [0.5, 0.6) is 0 Å². The number of halogens is 2. The minimum atomic E-state index is -3.08. The Hall–Kier alpha value is -3.99. The van der Waals surface area contributed by atoms with Gasteiger partial charge in [0, 0.05) is 42.6 Å². The topological polar surface area (TPSA) is 87.0 Å². The highest BCUT2D eigenvalue weighted by Crippen LogP contribution is 2.32. The Morgan fingerprint density at radius 1 is 1.12 bits per heavy atom. The third kappa shape index (κ3) is 5.09. The maximum Gasteiger partial charge on any atom is 0.268 e. The molecule has 33 heavy (non-hydrogen) atoms. The number of ketones is 1. The Labute approximate surface area is 189 Å². The average Bonchev–Trinajstić information content (AvgIpc) is 3.15. The highest BCUT2D eigenvalue weighted by molar-refractivity contribution is 6.08. The molecule has 6 nitrogen and oxygen atoms in total. The van der Waals surface area contributed by atoms with Gasteiger partial charge in [0.1, 0.15) is 6.04 Å². The molecule has 1 aliphatic rings. The number of Topliss-reactive ketones (excluding diaryl/α,β-unsaturated/α-hetero) is 1. The van der Waals surface area contributed by atoms with E-state index in [1.165, 1.54) is 6.20 Å². The zero-order valence-corrected chi connectivity index (χ0v) is 17.6. The monoisotopic (exact) mass is 446 g/mol. The number of fused-ring (bicyclic) bond motifs is 1. The van der Waals surface area contributed by atoms with E-state index < -0.39 is 30.8 Å². The van der Waals surface area contributed by atoms with Crippen molar-refractivity contribution in [2.24, 2.45) is 0 Å². The second kappa shape index (κ2) is 9.25. The van der Waals surface area contributed by atoms with Crippen LogP contribution in [-0.2, 0) is 4.79 Å². The van der Waals surface area contributed by atoms with E-state index in [4.69, 9.17) is 5.26 Å². The van der Waals surface area contributed by atoms with E-state index in [1.54, 1.807) is 24.4 Å². The van der Waals surface area contributed by atoms with Crippen LogP contribution in [-0.4, -0.2) is 45.1 Å². The van der Waals surface area contributed by atoms with Gasteiger partial charge in [0.25, 0.3) is 5.92 Å². The molecule has 4 rings (SSSR count). The molecule has 2 aromatic heterocycles. The summed E-state index contributed by atoms with van der Waals surface area (Å²) in [5.41, 5.74) is 2.68. The zero-order valence-electron chi connectivity index (χ0n) is 17.6. The number of hydrogen-bond donors (Lipinski definition) is 0. The Morgan fingerprint density at radius 3 is 2.73 bits per heavy atom. The smallest absolute Gasteiger partial charge is 0.268 e. The zero-order chi connectivity index (χ0) is 23.4. The van der Waals surface area contributed by atoms with E-state index in [2.05, 4.69) is 9.97 Å². The van der Waals surface area contributed by atoms with Crippen molar-refractivity contribution in [2.45, 2.75) is 31.2 Å². The van der Waals surface area contributed by atoms with E-state index in [0.717, 1.165) is 16.2 Å². The average molecular weight is 446 g/mol. The lowest BCUT2D eigenvalue weighted by atomic mass is 10.00. The number of pyridine rings is 2. The highest BCUT2D eigenvalue weighted by atomic mass is 19.3. The number of nitrogens with zero attached hydrogens (tertiary/aromatic N) is 4. The Kier molecular flexibility index (Phi) is 6.22. The highest BCUT2D eigenvalue weighted by Gasteiger charge is 2.47. The van der Waals surface area contributed by atoms with Crippen LogP contribution in [0.25, 0.3) is 23.1 Å². The maximum atomic E-state index is 13.6. The van der Waals surface area contributed by atoms with Crippen molar-refractivity contribution in [3.63, 3.8) is 0 Å². The third-order valence-corrected chi connectivity index (χ3v) is 5.51. The van der Waals surface area contributed by atoms with E-state index >= 15 is 0 Å². The van der Waals surface area contributed by atoms with Gasteiger partial charge in [0.2, 0.25) is 5.91 Å². The lowest BCUT2D eigenvalue weighted by molar-refractivity contribution is -0.132. The molecule has 3 aromatic rings. The molecule has 166 valence electrons. The molecule has 0 saturated carbocycles. The molecule has 1 fully saturated rings. The number of amides is 1. The quantitative estimate of drug-likeness (QED) is 0.520. The summed E-state index contributed by atoms with van der Waals surface area (Å²) in [6, 6.07) is 13.3. The van der Waals surface area contributed by atoms with Crippen LogP contribution < -0.4 is 0 Å². The molecule has 8 heteroatoms. The Balaban J connectivity index is 1.50. The Bertz CT molecular complexity index is 1270. The third-order valence-electron chi connectivity index (χ3n) is 5.51. The van der Waals surface area contributed by atoms with Gasteiger partial charge in [-0.2, -0.15) is 5.26 Å². The molecule has 0 unspecified atom stereocenters. The number of nitriles is 1. The van der Waals surface area contributed by atoms with Gasteiger partial charge in [-0.1, -0.05) is 18.2 Å². The van der Waals surface area contributed by atoms with Crippen molar-refractivity contribution in [2.75, 3.05) is 6.54 Å². The second-order valence-electron chi connectivity index (χ2n) is 7.87. The van der Waals surface area contributed by atoms with Crippen molar-refractivity contribution >= 4 is 34.7 Å². The normalized spacial score (nSPS) is 17.4. The van der Waals surface area contributed by atoms with E-state index in [0.29, 0.717) is 16.5 Å². The van der Waals surface area contributed by atoms with Gasteiger partial charge in [0.05, 0.1) is 23.8 Å². The number of aromatic nitrogens is 2. The summed E-state index contributed by atoms with van der Waals surface area (Å²) in [5.74, 6) is -3.99. The SMILES string of the molecule is N#C[C@@H]1CC(F)(F)CN1C(=O)CCC(=O)c1ccnc2ccc(/C=C/c3ccccn3)cc12. The molecule has 1 amide bonds. The molecule has 0 N–H and O–H groups in total. The van der Waals surface area contributed by atoms with Gasteiger partial charge < -0.3 is 4.90 Å². The summed E-state index contributed by atoms with van der Waals surface area (Å²) >= 11 is 0. The molecule has 3 heterocycles. The number of likely N-dealkylation sites (tertiary alicyclic amines) is 1. The summed E-state index contributed by atoms with van der Waals surface area (Å²) in [7, 11) is 0. The summed E-state index contributed by atoms with van der Waals surface area (Å²) in [5, 5.41) is 9.71. The summed E-state index contributed by atoms with van der Waals surface area (Å²) < 4.78 is 27.2. The van der Waals surface area contributed by atoms with E-state index in [9.17, 15) is 18.4 Å². The van der Waals surface area contributed by atoms with Crippen LogP contribution in [0.2, 0.25) is 0 Å². The van der Waals surface area contributed by atoms with Gasteiger partial charge in [-0.25, -0.2) is 8.78 Å². The predicted octanol–water partition coefficient (Wildman–Crippen LogP) is 4.52. The lowest BCUT2D eigenvalue weighted by Crippen LogP contribution is -2.36. The van der Waals surface area contributed by atoms with E-state index in [-0.39, 0.29) is 18.6 Å². The fourth-order valence-corrected chi connectivity index (χ4v) is 3.86. The van der Waals surface area contributed by atoms with Crippen molar-refractivity contribution in [3.8, 4) is 6.07 Å². The van der Waals surface area contributed by atoms with Crippen LogP contribution in [0.1, 0.15) is 40.9 Å². The minimum Gasteiger partial charge on any atom is -0.320 e. The van der Waals surface area contributed by atoms with E-state index in [1.807, 2.05) is 42.5 Å². The number of benzene rings is 1. The van der Waals surface area contributed by atoms with Gasteiger partial charge in [-0.3, -0.25) is 19.6 Å². The van der Waals surface area contributed by atoms with Crippen molar-refractivity contribution < 1.29 is 18.4 Å². The largest absolute Gasteiger partial charge is 0.320 e. The molecule has 0 bridgehead atoms. The fraction of sp³-hybridized carbons (Fsp3) is 0.240. The van der Waals surface area contributed by atoms with Gasteiger partial charge in [0.15, 0.2) is 5.78 Å². The van der Waals surface area contributed by atoms with Crippen molar-refractivity contribution in [1.29, 1.82) is 5.26 Å². The first-order valence-electron chi connectivity index (χ1n) is 10.4. The molecular formula is C25H20F2N4O2. The second-order valence-corrected chi connectivity index (χ2v) is 7.87. The van der Waals surface area contributed by atoms with Gasteiger partial charge in [-0.15, -0.1) is 0 Å². The number of hydrogen-bond acceptors (Lipinski definition) is 5. The number of rotatable bonds is 6. The predicted molar refractivity (Wildman–Crippen MR) is 119 cm³/mol. The fourth-order valence-electron chi connectivity index (χ4n) is 3.86. The number of carbonyl (C=O) groups is 2. The van der Waals surface area contributed by atoms with Crippen LogP contribution in [0.15, 0.2) is 54.9 Å². The molecule has 1 aromatic carbocycles. The van der Waals surface area contributed by atoms with Gasteiger partial charge >= 0.3 is 0 Å². The summed E-state index contributed by atoms with van der Waals surface area (Å²) in [6.45, 7) is -0.789.